The molecule has 2 fully saturated rings. The second-order valence-electron chi connectivity index (χ2n) is 7.07. The molecule has 6 atom stereocenters. The molecule has 0 spiro atoms. The van der Waals surface area contributed by atoms with Crippen LogP contribution in [0.3, 0.4) is 0 Å². The maximum absolute atomic E-state index is 14.3. The molecule has 0 unspecified atom stereocenters. The molecule has 0 saturated heterocycles. The fourth-order valence-electron chi connectivity index (χ4n) is 4.78. The summed E-state index contributed by atoms with van der Waals surface area (Å²) >= 11 is 0. The van der Waals surface area contributed by atoms with Crippen LogP contribution < -0.4 is 0 Å². The minimum Gasteiger partial charge on any atom is -0.466 e. The summed E-state index contributed by atoms with van der Waals surface area (Å²) < 4.78 is 19.7. The van der Waals surface area contributed by atoms with E-state index in [0.717, 1.165) is 0 Å². The van der Waals surface area contributed by atoms with Gasteiger partial charge in [-0.15, -0.1) is 0 Å². The highest BCUT2D eigenvalue weighted by Crippen LogP contribution is 2.69. The highest BCUT2D eigenvalue weighted by Gasteiger charge is 2.71. The second-order valence-corrected chi connectivity index (χ2v) is 7.07. The maximum Gasteiger partial charge on any atom is 0.312 e. The molecule has 2 nitrogen and oxygen atoms in total. The zero-order valence-electron chi connectivity index (χ0n) is 13.6. The first-order valence-electron chi connectivity index (χ1n) is 8.37. The molecule has 2 saturated carbocycles. The summed E-state index contributed by atoms with van der Waals surface area (Å²) in [5, 5.41) is 0. The summed E-state index contributed by atoms with van der Waals surface area (Å²) in [7, 11) is 0. The number of hydrogen-bond donors (Lipinski definition) is 0. The summed E-state index contributed by atoms with van der Waals surface area (Å²) in [6.45, 7) is 6.39. The fraction of sp³-hybridized carbons (Fsp3) is 0.632. The van der Waals surface area contributed by atoms with E-state index in [1.165, 1.54) is 5.56 Å². The average molecular weight is 304 g/mol. The monoisotopic (exact) mass is 304 g/mol. The molecule has 1 aromatic rings. The van der Waals surface area contributed by atoms with Crippen molar-refractivity contribution in [3.63, 3.8) is 0 Å². The third kappa shape index (κ3) is 2.35. The Kier molecular flexibility index (Phi) is 4.00. The third-order valence-electron chi connectivity index (χ3n) is 5.78. The number of carbonyl (C=O) groups excluding carboxylic acids is 1. The zero-order chi connectivity index (χ0) is 15.9. The lowest BCUT2D eigenvalue weighted by atomic mass is 9.72. The van der Waals surface area contributed by atoms with Crippen LogP contribution in [0, 0.1) is 23.2 Å². The topological polar surface area (TPSA) is 26.3 Å². The first-order valence-corrected chi connectivity index (χ1v) is 8.37. The SMILES string of the molecule is CCOC(=O)[C@]1(C[C@H](C)c2ccccc2)C[C@@H](F)[C@H]2[C@H](C)[C@H]21. The number of benzene rings is 1. The second kappa shape index (κ2) is 5.68. The molecule has 0 bridgehead atoms. The van der Waals surface area contributed by atoms with Gasteiger partial charge >= 0.3 is 5.97 Å². The van der Waals surface area contributed by atoms with Crippen molar-refractivity contribution in [3.8, 4) is 0 Å². The Labute approximate surface area is 132 Å². The van der Waals surface area contributed by atoms with E-state index in [1.807, 2.05) is 25.1 Å². The molecule has 0 aromatic heterocycles. The van der Waals surface area contributed by atoms with Gasteiger partial charge in [0.05, 0.1) is 12.0 Å². The van der Waals surface area contributed by atoms with Gasteiger partial charge in [0.1, 0.15) is 6.17 Å². The van der Waals surface area contributed by atoms with Gasteiger partial charge < -0.3 is 4.74 Å². The Balaban J connectivity index is 1.86. The van der Waals surface area contributed by atoms with Crippen molar-refractivity contribution in [2.45, 2.75) is 45.7 Å². The number of halogens is 1. The van der Waals surface area contributed by atoms with Gasteiger partial charge in [0.15, 0.2) is 0 Å². The van der Waals surface area contributed by atoms with Crippen LogP contribution in [0.1, 0.15) is 45.1 Å². The highest BCUT2D eigenvalue weighted by molar-refractivity contribution is 5.79. The van der Waals surface area contributed by atoms with E-state index in [9.17, 15) is 9.18 Å². The van der Waals surface area contributed by atoms with Crippen molar-refractivity contribution in [1.82, 2.24) is 0 Å². The van der Waals surface area contributed by atoms with Crippen molar-refractivity contribution in [2.24, 2.45) is 23.2 Å². The first-order chi connectivity index (χ1) is 10.5. The number of hydrogen-bond acceptors (Lipinski definition) is 2. The Hall–Kier alpha value is -1.38. The van der Waals surface area contributed by atoms with Crippen LogP contribution >= 0.6 is 0 Å². The maximum atomic E-state index is 14.3. The van der Waals surface area contributed by atoms with E-state index in [4.69, 9.17) is 4.74 Å². The lowest BCUT2D eigenvalue weighted by Crippen LogP contribution is -2.36. The highest BCUT2D eigenvalue weighted by atomic mass is 19.1. The zero-order valence-corrected chi connectivity index (χ0v) is 13.6. The smallest absolute Gasteiger partial charge is 0.312 e. The summed E-state index contributed by atoms with van der Waals surface area (Å²) in [6.07, 6.45) is 0.164. The molecule has 22 heavy (non-hydrogen) atoms. The predicted molar refractivity (Wildman–Crippen MR) is 84.2 cm³/mol. The lowest BCUT2D eigenvalue weighted by Gasteiger charge is -2.32. The summed E-state index contributed by atoms with van der Waals surface area (Å²) in [5.41, 5.74) is 0.577. The summed E-state index contributed by atoms with van der Waals surface area (Å²) in [5.74, 6) is 0.567. The van der Waals surface area contributed by atoms with Crippen molar-refractivity contribution in [3.05, 3.63) is 35.9 Å². The van der Waals surface area contributed by atoms with Crippen LogP contribution in [-0.2, 0) is 9.53 Å². The average Bonchev–Trinajstić information content (AvgIpc) is 3.09. The molecule has 0 aliphatic heterocycles. The molecular weight excluding hydrogens is 279 g/mol. The minimum absolute atomic E-state index is 0.0624. The Morgan fingerprint density at radius 2 is 2.09 bits per heavy atom. The summed E-state index contributed by atoms with van der Waals surface area (Å²) in [4.78, 5) is 12.7. The van der Waals surface area contributed by atoms with E-state index >= 15 is 0 Å². The van der Waals surface area contributed by atoms with Crippen molar-refractivity contribution in [1.29, 1.82) is 0 Å². The molecule has 120 valence electrons. The van der Waals surface area contributed by atoms with Gasteiger partial charge in [-0.3, -0.25) is 4.79 Å². The van der Waals surface area contributed by atoms with Crippen LogP contribution in [0.15, 0.2) is 30.3 Å². The standard InChI is InChI=1S/C19H25FO2/c1-4-22-18(21)19(11-15(20)16-13(3)17(16)19)10-12(2)14-8-6-5-7-9-14/h5-9,12-13,15-17H,4,10-11H2,1-3H3/t12-,13-,15+,16+,17+,19+/m0/s1. The minimum atomic E-state index is -0.854. The van der Waals surface area contributed by atoms with Crippen molar-refractivity contribution < 1.29 is 13.9 Å². The van der Waals surface area contributed by atoms with E-state index < -0.39 is 11.6 Å². The normalized spacial score (nSPS) is 37.5. The molecule has 0 amide bonds. The number of carbonyl (C=O) groups is 1. The summed E-state index contributed by atoms with van der Waals surface area (Å²) in [6, 6.07) is 10.2. The number of ether oxygens (including phenoxy) is 1. The Bertz CT molecular complexity index is 544. The fourth-order valence-corrected chi connectivity index (χ4v) is 4.78. The predicted octanol–water partition coefficient (Wildman–Crippen LogP) is 4.35. The third-order valence-corrected chi connectivity index (χ3v) is 5.78. The van der Waals surface area contributed by atoms with Gasteiger partial charge in [0, 0.05) is 0 Å². The van der Waals surface area contributed by atoms with Crippen LogP contribution in [0.4, 0.5) is 4.39 Å². The largest absolute Gasteiger partial charge is 0.466 e. The van der Waals surface area contributed by atoms with Crippen LogP contribution in [0.2, 0.25) is 0 Å². The van der Waals surface area contributed by atoms with E-state index in [0.29, 0.717) is 25.4 Å². The van der Waals surface area contributed by atoms with E-state index in [2.05, 4.69) is 26.0 Å². The Morgan fingerprint density at radius 1 is 1.41 bits per heavy atom. The molecule has 3 rings (SSSR count). The molecule has 2 aliphatic rings. The van der Waals surface area contributed by atoms with Gasteiger partial charge in [-0.1, -0.05) is 44.2 Å². The molecular formula is C19H25FO2. The lowest BCUT2D eigenvalue weighted by molar-refractivity contribution is -0.158. The van der Waals surface area contributed by atoms with E-state index in [-0.39, 0.29) is 23.7 Å². The number of rotatable bonds is 5. The Morgan fingerprint density at radius 3 is 2.64 bits per heavy atom. The molecule has 1 aromatic carbocycles. The van der Waals surface area contributed by atoms with Crippen LogP contribution in [0.25, 0.3) is 0 Å². The van der Waals surface area contributed by atoms with Crippen LogP contribution in [-0.4, -0.2) is 18.7 Å². The molecule has 0 N–H and O–H groups in total. The molecule has 2 aliphatic carbocycles. The van der Waals surface area contributed by atoms with Crippen LogP contribution in [0.5, 0.6) is 0 Å². The molecule has 0 radical (unpaired) electrons. The number of fused-ring (bicyclic) bond motifs is 1. The number of esters is 1. The first kappa shape index (κ1) is 15.5. The van der Waals surface area contributed by atoms with Crippen molar-refractivity contribution >= 4 is 5.97 Å². The van der Waals surface area contributed by atoms with Gasteiger partial charge in [-0.25, -0.2) is 4.39 Å². The molecule has 0 heterocycles. The van der Waals surface area contributed by atoms with Crippen molar-refractivity contribution in [2.75, 3.05) is 6.61 Å². The molecule has 3 heteroatoms. The van der Waals surface area contributed by atoms with Gasteiger partial charge in [0.25, 0.3) is 0 Å². The quantitative estimate of drug-likeness (QED) is 0.756. The van der Waals surface area contributed by atoms with Gasteiger partial charge in [-0.05, 0) is 49.0 Å². The number of alkyl halides is 1. The van der Waals surface area contributed by atoms with Gasteiger partial charge in [0.2, 0.25) is 0 Å². The van der Waals surface area contributed by atoms with Gasteiger partial charge in [-0.2, -0.15) is 0 Å². The van der Waals surface area contributed by atoms with E-state index in [1.54, 1.807) is 0 Å².